The van der Waals surface area contributed by atoms with E-state index in [0.717, 1.165) is 11.1 Å². The number of nitrogens with zero attached hydrogens (tertiary/aromatic N) is 3. The zero-order valence-electron chi connectivity index (χ0n) is 15.2. The van der Waals surface area contributed by atoms with Crippen LogP contribution in [0.4, 0.5) is 5.69 Å². The van der Waals surface area contributed by atoms with Crippen molar-refractivity contribution in [2.24, 2.45) is 15.9 Å². The molecule has 2 aromatic carbocycles. The fourth-order valence-electron chi connectivity index (χ4n) is 2.15. The first-order chi connectivity index (χ1) is 12.9. The Bertz CT molecular complexity index is 866. The third-order valence-electron chi connectivity index (χ3n) is 3.55. The Labute approximate surface area is 161 Å². The molecule has 0 aliphatic heterocycles. The zero-order valence-corrected chi connectivity index (χ0v) is 16.0. The molecule has 0 heterocycles. The number of hydrogen-bond acceptors (Lipinski definition) is 7. The molecule has 0 aliphatic carbocycles. The maximum absolute atomic E-state index is 11.5. The van der Waals surface area contributed by atoms with Gasteiger partial charge in [0.1, 0.15) is 6.61 Å². The van der Waals surface area contributed by atoms with Gasteiger partial charge in [-0.15, -0.1) is 5.10 Å². The number of rotatable bonds is 7. The van der Waals surface area contributed by atoms with Crippen molar-refractivity contribution in [3.63, 3.8) is 0 Å². The van der Waals surface area contributed by atoms with Crippen molar-refractivity contribution in [3.8, 4) is 11.5 Å². The number of amidine groups is 1. The number of nitro groups is 1. The fourth-order valence-corrected chi connectivity index (χ4v) is 2.28. The summed E-state index contributed by atoms with van der Waals surface area (Å²) < 4.78 is 11.0. The molecule has 0 unspecified atom stereocenters. The molecule has 0 aliphatic rings. The number of aryl methyl sites for hydroxylation is 1. The van der Waals surface area contributed by atoms with Gasteiger partial charge in [-0.3, -0.25) is 10.1 Å². The molecule has 2 aromatic rings. The van der Waals surface area contributed by atoms with E-state index < -0.39 is 4.92 Å². The van der Waals surface area contributed by atoms with Gasteiger partial charge in [0.25, 0.3) is 0 Å². The van der Waals surface area contributed by atoms with E-state index in [4.69, 9.17) is 15.2 Å². The highest BCUT2D eigenvalue weighted by Gasteiger charge is 2.22. The van der Waals surface area contributed by atoms with E-state index in [0.29, 0.717) is 5.56 Å². The minimum atomic E-state index is -0.524. The summed E-state index contributed by atoms with van der Waals surface area (Å²) in [6.07, 6.45) is 3.13. The molecule has 0 saturated heterocycles. The maximum atomic E-state index is 11.5. The predicted molar refractivity (Wildman–Crippen MR) is 108 cm³/mol. The lowest BCUT2D eigenvalue weighted by Gasteiger charge is -2.12. The molecule has 0 bridgehead atoms. The number of nitrogens with two attached hydrogens (primary N) is 1. The second-order valence-electron chi connectivity index (χ2n) is 5.49. The Kier molecular flexibility index (Phi) is 7.18. The van der Waals surface area contributed by atoms with Crippen LogP contribution in [0.5, 0.6) is 11.5 Å². The van der Waals surface area contributed by atoms with Crippen LogP contribution in [0.1, 0.15) is 16.7 Å². The lowest BCUT2D eigenvalue weighted by Crippen LogP contribution is -2.04. The highest BCUT2D eigenvalue weighted by atomic mass is 32.2. The van der Waals surface area contributed by atoms with Gasteiger partial charge in [0.15, 0.2) is 10.9 Å². The van der Waals surface area contributed by atoms with Gasteiger partial charge in [-0.05, 0) is 24.8 Å². The van der Waals surface area contributed by atoms with Gasteiger partial charge in [0.2, 0.25) is 5.75 Å². The van der Waals surface area contributed by atoms with Crippen molar-refractivity contribution in [2.75, 3.05) is 13.4 Å². The van der Waals surface area contributed by atoms with Crippen LogP contribution in [0, 0.1) is 17.0 Å². The summed E-state index contributed by atoms with van der Waals surface area (Å²) in [6, 6.07) is 10.6. The van der Waals surface area contributed by atoms with Crippen LogP contribution in [0.3, 0.4) is 0 Å². The summed E-state index contributed by atoms with van der Waals surface area (Å²) >= 11 is 1.24. The SMILES string of the molecule is COc1cc(/C=N\N=C(/N)SC)cc([N+](=O)[O-])c1OCc1ccc(C)cc1. The normalized spacial score (nSPS) is 11.6. The van der Waals surface area contributed by atoms with Gasteiger partial charge in [-0.2, -0.15) is 5.10 Å². The molecule has 0 amide bonds. The summed E-state index contributed by atoms with van der Waals surface area (Å²) in [7, 11) is 1.42. The minimum Gasteiger partial charge on any atom is -0.493 e. The molecule has 27 heavy (non-hydrogen) atoms. The lowest BCUT2D eigenvalue weighted by atomic mass is 10.1. The Morgan fingerprint density at radius 3 is 2.63 bits per heavy atom. The third-order valence-corrected chi connectivity index (χ3v) is 4.05. The monoisotopic (exact) mass is 388 g/mol. The highest BCUT2D eigenvalue weighted by Crippen LogP contribution is 2.38. The molecule has 0 aromatic heterocycles. The molecule has 0 radical (unpaired) electrons. The summed E-state index contributed by atoms with van der Waals surface area (Å²) in [4.78, 5) is 11.0. The van der Waals surface area contributed by atoms with Crippen LogP contribution in [0.2, 0.25) is 0 Å². The van der Waals surface area contributed by atoms with Crippen molar-refractivity contribution < 1.29 is 14.4 Å². The first-order valence-corrected chi connectivity index (χ1v) is 9.12. The largest absolute Gasteiger partial charge is 0.493 e. The van der Waals surface area contributed by atoms with Crippen LogP contribution in [0.15, 0.2) is 46.6 Å². The van der Waals surface area contributed by atoms with Crippen LogP contribution >= 0.6 is 11.8 Å². The third kappa shape index (κ3) is 5.71. The zero-order chi connectivity index (χ0) is 19.8. The molecule has 9 heteroatoms. The first kappa shape index (κ1) is 20.2. The number of hydrogen-bond donors (Lipinski definition) is 1. The Morgan fingerprint density at radius 1 is 1.33 bits per heavy atom. The molecule has 142 valence electrons. The summed E-state index contributed by atoms with van der Waals surface area (Å²) in [5.41, 5.74) is 7.79. The lowest BCUT2D eigenvalue weighted by molar-refractivity contribution is -0.386. The predicted octanol–water partition coefficient (Wildman–Crippen LogP) is 3.50. The van der Waals surface area contributed by atoms with E-state index >= 15 is 0 Å². The van der Waals surface area contributed by atoms with E-state index in [9.17, 15) is 10.1 Å². The molecular weight excluding hydrogens is 368 g/mol. The summed E-state index contributed by atoms with van der Waals surface area (Å²) in [5.74, 6) is 0.298. The number of ether oxygens (including phenoxy) is 2. The topological polar surface area (TPSA) is 112 Å². The molecule has 0 spiro atoms. The van der Waals surface area contributed by atoms with Crippen LogP contribution in [0.25, 0.3) is 0 Å². The van der Waals surface area contributed by atoms with Crippen molar-refractivity contribution in [1.29, 1.82) is 0 Å². The number of thioether (sulfide) groups is 1. The van der Waals surface area contributed by atoms with Gasteiger partial charge in [0.05, 0.1) is 18.2 Å². The Balaban J connectivity index is 2.32. The molecule has 0 atom stereocenters. The minimum absolute atomic E-state index is 0.0624. The average molecular weight is 388 g/mol. The molecule has 8 nitrogen and oxygen atoms in total. The van der Waals surface area contributed by atoms with E-state index in [1.165, 1.54) is 31.2 Å². The van der Waals surface area contributed by atoms with Gasteiger partial charge >= 0.3 is 5.69 Å². The van der Waals surface area contributed by atoms with E-state index in [2.05, 4.69) is 10.2 Å². The quantitative estimate of drug-likeness (QED) is 0.336. The summed E-state index contributed by atoms with van der Waals surface area (Å²) in [6.45, 7) is 2.16. The van der Waals surface area contributed by atoms with Crippen molar-refractivity contribution in [2.45, 2.75) is 13.5 Å². The molecule has 2 N–H and O–H groups in total. The van der Waals surface area contributed by atoms with Crippen LogP contribution < -0.4 is 15.2 Å². The second kappa shape index (κ2) is 9.58. The van der Waals surface area contributed by atoms with Gasteiger partial charge in [-0.25, -0.2) is 0 Å². The molecule has 0 saturated carbocycles. The fraction of sp³-hybridized carbons (Fsp3) is 0.222. The van der Waals surface area contributed by atoms with Crippen LogP contribution in [-0.4, -0.2) is 29.7 Å². The van der Waals surface area contributed by atoms with Crippen molar-refractivity contribution in [1.82, 2.24) is 0 Å². The van der Waals surface area contributed by atoms with E-state index in [1.54, 1.807) is 12.3 Å². The van der Waals surface area contributed by atoms with Crippen molar-refractivity contribution >= 4 is 28.8 Å². The van der Waals surface area contributed by atoms with E-state index in [1.807, 2.05) is 31.2 Å². The number of methoxy groups -OCH3 is 1. The standard InChI is InChI=1S/C18H20N4O4S/c1-12-4-6-13(7-5-12)11-26-17-15(22(23)24)8-14(9-16(17)25-2)10-20-21-18(19)27-3/h4-10H,11H2,1-3H3,(H2,19,21)/b20-10-. The molecular formula is C18H20N4O4S. The van der Waals surface area contributed by atoms with Gasteiger partial charge < -0.3 is 15.2 Å². The first-order valence-electron chi connectivity index (χ1n) is 7.90. The summed E-state index contributed by atoms with van der Waals surface area (Å²) in [5, 5.41) is 19.4. The van der Waals surface area contributed by atoms with Crippen LogP contribution in [-0.2, 0) is 6.61 Å². The Hall–Kier alpha value is -3.07. The molecule has 0 fully saturated rings. The molecule has 2 rings (SSSR count). The maximum Gasteiger partial charge on any atom is 0.315 e. The van der Waals surface area contributed by atoms with Crippen molar-refractivity contribution in [3.05, 3.63) is 63.2 Å². The second-order valence-corrected chi connectivity index (χ2v) is 6.32. The van der Waals surface area contributed by atoms with E-state index in [-0.39, 0.29) is 29.0 Å². The average Bonchev–Trinajstić information content (AvgIpc) is 2.67. The number of nitro benzene ring substituents is 1. The number of benzene rings is 2. The highest BCUT2D eigenvalue weighted by molar-refractivity contribution is 8.13. The van der Waals surface area contributed by atoms with Gasteiger partial charge in [-0.1, -0.05) is 41.6 Å². The Morgan fingerprint density at radius 2 is 2.04 bits per heavy atom. The smallest absolute Gasteiger partial charge is 0.315 e. The van der Waals surface area contributed by atoms with Gasteiger partial charge in [0, 0.05) is 11.6 Å².